The van der Waals surface area contributed by atoms with Crippen molar-refractivity contribution in [1.29, 1.82) is 0 Å². The fourth-order valence-electron chi connectivity index (χ4n) is 0.912. The number of hydrogen-bond acceptors (Lipinski definition) is 7. The van der Waals surface area contributed by atoms with Gasteiger partial charge in [0.2, 0.25) is 0 Å². The van der Waals surface area contributed by atoms with Crippen LogP contribution in [0.1, 0.15) is 0 Å². The zero-order chi connectivity index (χ0) is 14.5. The zero-order valence-electron chi connectivity index (χ0n) is 7.80. The summed E-state index contributed by atoms with van der Waals surface area (Å²) in [7, 11) is -15.4. The molecule has 0 unspecified atom stereocenters. The monoisotopic (exact) mass is 358 g/mol. The first kappa shape index (κ1) is 15.8. The van der Waals surface area contributed by atoms with E-state index in [1.807, 2.05) is 0 Å². The Morgan fingerprint density at radius 2 is 1.17 bits per heavy atom. The maximum Gasteiger partial charge on any atom is 0.305 e. The van der Waals surface area contributed by atoms with E-state index in [9.17, 15) is 25.3 Å². The summed E-state index contributed by atoms with van der Waals surface area (Å²) in [5.41, 5.74) is 0. The van der Waals surface area contributed by atoms with Crippen molar-refractivity contribution in [2.45, 2.75) is 13.3 Å². The van der Waals surface area contributed by atoms with Gasteiger partial charge < -0.3 is 0 Å². The minimum absolute atomic E-state index is 0.320. The van der Waals surface area contributed by atoms with E-state index < -0.39 is 48.7 Å². The van der Waals surface area contributed by atoms with Crippen molar-refractivity contribution in [3.8, 4) is 0 Å². The largest absolute Gasteiger partial charge is 0.305 e. The van der Waals surface area contributed by atoms with E-state index in [4.69, 9.17) is 25.3 Å². The van der Waals surface area contributed by atoms with Gasteiger partial charge in [-0.1, -0.05) is 11.6 Å². The van der Waals surface area contributed by atoms with Gasteiger partial charge in [-0.2, -0.15) is 25.3 Å². The normalized spacial score (nSPS) is 13.8. The first-order chi connectivity index (χ1) is 7.76. The van der Waals surface area contributed by atoms with Gasteiger partial charge in [0.15, 0.2) is 8.42 Å². The van der Waals surface area contributed by atoms with E-state index >= 15 is 0 Å². The van der Waals surface area contributed by atoms with Crippen LogP contribution in [-0.2, 0) is 30.4 Å². The molecule has 0 saturated heterocycles. The first-order valence-electron chi connectivity index (χ1n) is 3.51. The molecule has 1 heterocycles. The van der Waals surface area contributed by atoms with E-state index in [0.717, 1.165) is 0 Å². The van der Waals surface area contributed by atoms with Crippen molar-refractivity contribution in [2.75, 3.05) is 0 Å². The highest BCUT2D eigenvalue weighted by Crippen LogP contribution is 2.41. The van der Waals surface area contributed by atoms with Gasteiger partial charge >= 0.3 is 20.2 Å². The highest BCUT2D eigenvalue weighted by Gasteiger charge is 2.36. The van der Waals surface area contributed by atoms with E-state index in [2.05, 4.69) is 0 Å². The molecule has 1 aromatic heterocycles. The predicted octanol–water partition coefficient (Wildman–Crippen LogP) is 0.142. The second-order valence-electron chi connectivity index (χ2n) is 2.75. The Balaban J connectivity index is 3.99. The fourth-order valence-corrected chi connectivity index (χ4v) is 6.28. The summed E-state index contributed by atoms with van der Waals surface area (Å²) in [5.74, 6) is 0. The molecular formula is C4H3ClO9S4. The Bertz CT molecular complexity index is 795. The number of rotatable bonds is 3. The second kappa shape index (κ2) is 4.38. The molecule has 3 N–H and O–H groups in total. The van der Waals surface area contributed by atoms with Crippen LogP contribution >= 0.6 is 22.9 Å². The SMILES string of the molecule is O=S(=O)(O)c1sc(S(=O)(=O)O)c(S(=O)(=O)O)c1Cl. The molecule has 0 amide bonds. The summed E-state index contributed by atoms with van der Waals surface area (Å²) >= 11 is 4.94. The van der Waals surface area contributed by atoms with Gasteiger partial charge in [0.05, 0.1) is 5.02 Å². The first-order valence-corrected chi connectivity index (χ1v) is 9.02. The second-order valence-corrected chi connectivity index (χ2v) is 8.74. The van der Waals surface area contributed by atoms with Gasteiger partial charge in [-0.3, -0.25) is 13.7 Å². The molecule has 1 aromatic rings. The van der Waals surface area contributed by atoms with Crippen LogP contribution in [0.3, 0.4) is 0 Å². The van der Waals surface area contributed by atoms with Crippen LogP contribution in [0.15, 0.2) is 13.3 Å². The molecule has 0 radical (unpaired) electrons. The van der Waals surface area contributed by atoms with Gasteiger partial charge in [0.25, 0.3) is 10.1 Å². The van der Waals surface area contributed by atoms with Crippen LogP contribution in [0.5, 0.6) is 0 Å². The molecule has 0 atom stereocenters. The lowest BCUT2D eigenvalue weighted by Gasteiger charge is -1.97. The molecule has 9 nitrogen and oxygen atoms in total. The molecule has 18 heavy (non-hydrogen) atoms. The van der Waals surface area contributed by atoms with Crippen molar-refractivity contribution in [3.63, 3.8) is 0 Å². The van der Waals surface area contributed by atoms with Gasteiger partial charge in [-0.15, -0.1) is 11.3 Å². The van der Waals surface area contributed by atoms with E-state index in [-0.39, 0.29) is 11.3 Å². The molecule has 104 valence electrons. The topological polar surface area (TPSA) is 163 Å². The average molecular weight is 359 g/mol. The van der Waals surface area contributed by atoms with Crippen molar-refractivity contribution in [2.24, 2.45) is 0 Å². The highest BCUT2D eigenvalue weighted by molar-refractivity contribution is 7.92. The molecule has 0 aliphatic rings. The van der Waals surface area contributed by atoms with Crippen molar-refractivity contribution < 1.29 is 38.9 Å². The molecule has 0 aliphatic carbocycles. The Kier molecular flexibility index (Phi) is 3.84. The summed E-state index contributed by atoms with van der Waals surface area (Å²) in [5, 5.41) is -1.22. The van der Waals surface area contributed by atoms with Crippen LogP contribution in [0.2, 0.25) is 5.02 Å². The Hall–Kier alpha value is -0.280. The van der Waals surface area contributed by atoms with Crippen LogP contribution in [0.25, 0.3) is 0 Å². The smallest absolute Gasteiger partial charge is 0.282 e. The van der Waals surface area contributed by atoms with Gasteiger partial charge in [0, 0.05) is 0 Å². The van der Waals surface area contributed by atoms with Gasteiger partial charge in [0.1, 0.15) is 4.90 Å². The maximum absolute atomic E-state index is 10.9. The molecule has 0 bridgehead atoms. The summed E-state index contributed by atoms with van der Waals surface area (Å²) in [6.07, 6.45) is 0. The maximum atomic E-state index is 10.9. The minimum atomic E-state index is -5.22. The average Bonchev–Trinajstić information content (AvgIpc) is 2.39. The third kappa shape index (κ3) is 3.00. The van der Waals surface area contributed by atoms with Gasteiger partial charge in [-0.25, -0.2) is 0 Å². The lowest BCUT2D eigenvalue weighted by molar-refractivity contribution is 0.469. The molecule has 0 fully saturated rings. The predicted molar refractivity (Wildman–Crippen MR) is 58.8 cm³/mol. The summed E-state index contributed by atoms with van der Waals surface area (Å²) < 4.78 is 88.6. The van der Waals surface area contributed by atoms with E-state index in [1.54, 1.807) is 0 Å². The Labute approximate surface area is 110 Å². The van der Waals surface area contributed by atoms with Crippen LogP contribution < -0.4 is 0 Å². The molecule has 0 aliphatic heterocycles. The van der Waals surface area contributed by atoms with E-state index in [0.29, 0.717) is 0 Å². The highest BCUT2D eigenvalue weighted by atomic mass is 35.5. The zero-order valence-corrected chi connectivity index (χ0v) is 11.8. The Morgan fingerprint density at radius 3 is 1.39 bits per heavy atom. The molecule has 0 spiro atoms. The fraction of sp³-hybridized carbons (Fsp3) is 0. The molecule has 0 aromatic carbocycles. The summed E-state index contributed by atoms with van der Waals surface area (Å²) in [4.78, 5) is -1.51. The van der Waals surface area contributed by atoms with Crippen molar-refractivity contribution >= 4 is 53.3 Å². The minimum Gasteiger partial charge on any atom is -0.282 e. The van der Waals surface area contributed by atoms with Crippen LogP contribution in [0, 0.1) is 0 Å². The molecule has 0 saturated carbocycles. The molecular weight excluding hydrogens is 356 g/mol. The van der Waals surface area contributed by atoms with Crippen molar-refractivity contribution in [1.82, 2.24) is 0 Å². The van der Waals surface area contributed by atoms with Gasteiger partial charge in [-0.05, 0) is 0 Å². The lowest BCUT2D eigenvalue weighted by Crippen LogP contribution is -2.05. The molecule has 14 heteroatoms. The van der Waals surface area contributed by atoms with Crippen molar-refractivity contribution in [3.05, 3.63) is 5.02 Å². The quantitative estimate of drug-likeness (QED) is 0.637. The molecule has 1 rings (SSSR count). The summed E-state index contributed by atoms with van der Waals surface area (Å²) in [6.45, 7) is 0. The third-order valence-corrected chi connectivity index (χ3v) is 7.26. The third-order valence-electron chi connectivity index (χ3n) is 1.48. The van der Waals surface area contributed by atoms with Crippen LogP contribution in [-0.4, -0.2) is 38.9 Å². The standard InChI is InChI=1S/C4H3ClO9S4/c5-1-2(16(6,7)8)4(18(12,13)14)15-3(1)17(9,10)11/h(H,6,7,8)(H,9,10,11)(H,12,13,14). The van der Waals surface area contributed by atoms with E-state index in [1.165, 1.54) is 0 Å². The number of halogens is 1. The number of thiophene rings is 1. The summed E-state index contributed by atoms with van der Waals surface area (Å²) in [6, 6.07) is 0. The number of hydrogen-bond donors (Lipinski definition) is 3. The lowest BCUT2D eigenvalue weighted by atomic mass is 10.6. The Morgan fingerprint density at radius 1 is 0.778 bits per heavy atom. The van der Waals surface area contributed by atoms with Crippen LogP contribution in [0.4, 0.5) is 0 Å².